The lowest BCUT2D eigenvalue weighted by molar-refractivity contribution is 0.179. The van der Waals surface area contributed by atoms with Crippen molar-refractivity contribution in [3.05, 3.63) is 62.9 Å². The van der Waals surface area contributed by atoms with Crippen LogP contribution < -0.4 is 34.1 Å². The molecule has 2 aromatic rings. The maximum absolute atomic E-state index is 13.3. The van der Waals surface area contributed by atoms with Crippen LogP contribution in [0.5, 0.6) is 0 Å². The second kappa shape index (κ2) is 39.5. The largest absolute Gasteiger partial charge is 0.428 e. The van der Waals surface area contributed by atoms with Crippen LogP contribution in [0.25, 0.3) is 0 Å². The molecule has 0 aromatic carbocycles. The zero-order chi connectivity index (χ0) is 55.2. The number of hydrogen-bond donors (Lipinski definition) is 0. The topological polar surface area (TPSA) is 260 Å². The van der Waals surface area contributed by atoms with Crippen molar-refractivity contribution >= 4 is 6.08 Å². The van der Waals surface area contributed by atoms with Gasteiger partial charge in [-0.25, -0.2) is 66.0 Å². The van der Waals surface area contributed by atoms with Gasteiger partial charge in [0.05, 0.1) is 19.8 Å². The Labute approximate surface area is 443 Å². The first-order chi connectivity index (χ1) is 36.4. The van der Waals surface area contributed by atoms with Crippen molar-refractivity contribution in [3.8, 4) is 18.8 Å². The summed E-state index contributed by atoms with van der Waals surface area (Å²) in [5.74, 6) is 2.48. The summed E-state index contributed by atoms with van der Waals surface area (Å²) in [5.41, 5.74) is -2.66. The number of nitriles is 3. The molecule has 0 unspecified atom stereocenters. The Bertz CT molecular complexity index is 2180. The summed E-state index contributed by atoms with van der Waals surface area (Å²) in [7, 11) is 0. The molecule has 0 radical (unpaired) electrons. The molecule has 5 aliphatic rings. The average molecular weight is 1050 g/mol. The first-order valence-electron chi connectivity index (χ1n) is 28.4. The standard InChI is InChI=1S/C24H39N3O3.C9H15N3O3.2C8H13NO.2C3H5NO/c28-22-25(16-19-10-4-1-5-11-19)23(29)27(18-21-14-8-3-9-15-21)24(30)26(22)17-20-12-6-2-7-13-20;1-4-10-7(13)11(5-2)9(15)12(6-3)8(10)14;9-7-10-6-8-4-2-1-3-5-8;10-7-9-6-8-4-2-1-3-5-8;2*1-2-5-3-4/h19-21H,1-18H2;4-6H2,1-3H3;2*8H,1-6H2;2*2H2,1H3. The summed E-state index contributed by atoms with van der Waals surface area (Å²) in [4.78, 5) is 88.3. The summed E-state index contributed by atoms with van der Waals surface area (Å²) < 4.78 is 20.4. The van der Waals surface area contributed by atoms with Crippen molar-refractivity contribution in [1.29, 1.82) is 15.8 Å². The van der Waals surface area contributed by atoms with Gasteiger partial charge in [0.15, 0.2) is 0 Å². The van der Waals surface area contributed by atoms with E-state index in [-0.39, 0.29) is 36.7 Å². The van der Waals surface area contributed by atoms with Gasteiger partial charge in [-0.3, -0.25) is 0 Å². The fourth-order valence-corrected chi connectivity index (χ4v) is 10.7. The Hall–Kier alpha value is -5.93. The molecule has 7 rings (SSSR count). The Kier molecular flexibility index (Phi) is 34.3. The Morgan fingerprint density at radius 2 is 0.640 bits per heavy atom. The van der Waals surface area contributed by atoms with E-state index in [1.54, 1.807) is 47.0 Å². The van der Waals surface area contributed by atoms with Crippen molar-refractivity contribution < 1.29 is 19.0 Å². The van der Waals surface area contributed by atoms with Gasteiger partial charge < -0.3 is 14.2 Å². The molecule has 420 valence electrons. The van der Waals surface area contributed by atoms with E-state index < -0.39 is 17.1 Å². The van der Waals surface area contributed by atoms with E-state index in [1.165, 1.54) is 148 Å². The van der Waals surface area contributed by atoms with Gasteiger partial charge in [-0.1, -0.05) is 96.3 Å². The van der Waals surface area contributed by atoms with Crippen LogP contribution in [0.2, 0.25) is 0 Å². The van der Waals surface area contributed by atoms with Gasteiger partial charge in [-0.2, -0.15) is 15.8 Å². The minimum absolute atomic E-state index is 0.276. The highest BCUT2D eigenvalue weighted by Crippen LogP contribution is 2.27. The van der Waals surface area contributed by atoms with Crippen molar-refractivity contribution in [3.63, 3.8) is 0 Å². The average Bonchev–Trinajstić information content (AvgIpc) is 3.44. The molecule has 0 aliphatic heterocycles. The van der Waals surface area contributed by atoms with E-state index in [0.717, 1.165) is 52.2 Å². The van der Waals surface area contributed by atoms with Gasteiger partial charge in [0.2, 0.25) is 6.08 Å². The lowest BCUT2D eigenvalue weighted by atomic mass is 9.89. The third-order valence-corrected chi connectivity index (χ3v) is 14.9. The van der Waals surface area contributed by atoms with Crippen LogP contribution in [-0.2, 0) is 58.3 Å². The molecule has 20 heteroatoms. The minimum atomic E-state index is -0.528. The molecule has 5 saturated carbocycles. The molecule has 0 atom stereocenters. The number of carbonyl (C=O) groups excluding carboxylic acids is 1. The predicted octanol–water partition coefficient (Wildman–Crippen LogP) is 8.12. The van der Waals surface area contributed by atoms with E-state index in [0.29, 0.717) is 75.6 Å². The predicted molar refractivity (Wildman–Crippen MR) is 287 cm³/mol. The van der Waals surface area contributed by atoms with Crippen LogP contribution in [-0.4, -0.2) is 59.8 Å². The van der Waals surface area contributed by atoms with Gasteiger partial charge in [0.25, 0.3) is 18.8 Å². The molecule has 0 saturated heterocycles. The van der Waals surface area contributed by atoms with Crippen LogP contribution in [0.4, 0.5) is 0 Å². The Morgan fingerprint density at radius 1 is 0.387 bits per heavy atom. The van der Waals surface area contributed by atoms with Gasteiger partial charge in [0, 0.05) is 39.3 Å². The maximum Gasteiger partial charge on any atom is 0.336 e. The second-order valence-corrected chi connectivity index (χ2v) is 20.2. The lowest BCUT2D eigenvalue weighted by Gasteiger charge is -2.26. The summed E-state index contributed by atoms with van der Waals surface area (Å²) >= 11 is 0. The number of isocyanates is 1. The number of aliphatic imine (C=N–C) groups is 1. The van der Waals surface area contributed by atoms with Crippen molar-refractivity contribution in [1.82, 2.24) is 27.4 Å². The molecule has 5 fully saturated rings. The third-order valence-electron chi connectivity index (χ3n) is 14.9. The van der Waals surface area contributed by atoms with E-state index in [4.69, 9.17) is 15.8 Å². The monoisotopic (exact) mass is 1050 g/mol. The number of hydrogen-bond acceptors (Lipinski definition) is 14. The number of ether oxygens (including phenoxy) is 3. The summed E-state index contributed by atoms with van der Waals surface area (Å²) in [6, 6.07) is 0. The molecule has 0 N–H and O–H groups in total. The van der Waals surface area contributed by atoms with E-state index in [1.807, 2.05) is 0 Å². The Morgan fingerprint density at radius 3 is 0.867 bits per heavy atom. The quantitative estimate of drug-likeness (QED) is 0.0928. The highest BCUT2D eigenvalue weighted by molar-refractivity contribution is 5.32. The van der Waals surface area contributed by atoms with Crippen LogP contribution in [0.1, 0.15) is 195 Å². The lowest BCUT2D eigenvalue weighted by Crippen LogP contribution is -2.56. The Balaban J connectivity index is 0.000000356. The van der Waals surface area contributed by atoms with Crippen molar-refractivity contribution in [2.45, 2.75) is 234 Å². The number of rotatable bonds is 15. The maximum atomic E-state index is 13.3. The molecule has 2 aromatic heterocycles. The molecule has 0 spiro atoms. The molecule has 0 bridgehead atoms. The normalized spacial score (nSPS) is 17.1. The van der Waals surface area contributed by atoms with Crippen LogP contribution in [0.15, 0.2) is 33.8 Å². The first kappa shape index (κ1) is 65.2. The minimum Gasteiger partial charge on any atom is -0.428 e. The second-order valence-electron chi connectivity index (χ2n) is 20.2. The summed E-state index contributed by atoms with van der Waals surface area (Å²) in [6.45, 7) is 13.2. The summed E-state index contributed by atoms with van der Waals surface area (Å²) in [6.07, 6.45) is 36.6. The number of aromatic nitrogens is 6. The zero-order valence-electron chi connectivity index (χ0n) is 46.2. The zero-order valence-corrected chi connectivity index (χ0v) is 46.2. The SMILES string of the molecule is CCOC#N.CCOC#N.CCn1c(=O)n(CC)c(=O)n(CC)c1=O.N#COCC1CCCCC1.O=C=NCC1CCCCC1.O=c1n(CC2CCCCC2)c(=O)n(CC2CCCCC2)c(=O)n1CC1CCCCC1. The summed E-state index contributed by atoms with van der Waals surface area (Å²) in [5, 5.41) is 23.3. The van der Waals surface area contributed by atoms with E-state index in [9.17, 15) is 33.6 Å². The third kappa shape index (κ3) is 23.7. The van der Waals surface area contributed by atoms with Gasteiger partial charge in [0.1, 0.15) is 6.61 Å². The van der Waals surface area contributed by atoms with Crippen molar-refractivity contribution in [2.75, 3.05) is 26.4 Å². The van der Waals surface area contributed by atoms with Crippen molar-refractivity contribution in [2.24, 2.45) is 34.6 Å². The fourth-order valence-electron chi connectivity index (χ4n) is 10.7. The number of nitrogens with zero attached hydrogens (tertiary/aromatic N) is 10. The van der Waals surface area contributed by atoms with Gasteiger partial charge >= 0.3 is 34.1 Å². The van der Waals surface area contributed by atoms with Gasteiger partial charge in [-0.15, -0.1) is 0 Å². The molecular weight excluding hydrogens is 961 g/mol. The van der Waals surface area contributed by atoms with Crippen LogP contribution >= 0.6 is 0 Å². The van der Waals surface area contributed by atoms with Crippen LogP contribution in [0.3, 0.4) is 0 Å². The molecule has 2 heterocycles. The van der Waals surface area contributed by atoms with Crippen LogP contribution in [0, 0.1) is 64.1 Å². The first-order valence-corrected chi connectivity index (χ1v) is 28.4. The molecular formula is C55H90N10O10. The molecule has 5 aliphatic carbocycles. The van der Waals surface area contributed by atoms with E-state index in [2.05, 4.69) is 19.2 Å². The fraction of sp³-hybridized carbons (Fsp3) is 0.818. The molecule has 20 nitrogen and oxygen atoms in total. The molecule has 75 heavy (non-hydrogen) atoms. The molecule has 0 amide bonds. The highest BCUT2D eigenvalue weighted by atomic mass is 16.5. The highest BCUT2D eigenvalue weighted by Gasteiger charge is 2.25. The van der Waals surface area contributed by atoms with Gasteiger partial charge in [-0.05, 0) is 128 Å². The van der Waals surface area contributed by atoms with E-state index >= 15 is 0 Å². The smallest absolute Gasteiger partial charge is 0.336 e.